The molecular formula is C12H14FN3. The Morgan fingerprint density at radius 1 is 1.44 bits per heavy atom. The van der Waals surface area contributed by atoms with Crippen molar-refractivity contribution in [2.75, 3.05) is 0 Å². The first-order valence-corrected chi connectivity index (χ1v) is 5.26. The number of nitrogens with two attached hydrogens (primary N) is 1. The smallest absolute Gasteiger partial charge is 0.147 e. The molecule has 0 saturated heterocycles. The first-order valence-electron chi connectivity index (χ1n) is 5.26. The van der Waals surface area contributed by atoms with Gasteiger partial charge in [-0.15, -0.1) is 0 Å². The summed E-state index contributed by atoms with van der Waals surface area (Å²) in [4.78, 5) is 4.02. The zero-order valence-electron chi connectivity index (χ0n) is 9.10. The molecule has 1 aromatic heterocycles. The lowest BCUT2D eigenvalue weighted by atomic mass is 10.2. The van der Waals surface area contributed by atoms with Crippen LogP contribution in [-0.4, -0.2) is 9.55 Å². The number of benzene rings is 1. The predicted octanol–water partition coefficient (Wildman–Crippen LogP) is 2.42. The molecule has 0 amide bonds. The zero-order chi connectivity index (χ0) is 11.5. The zero-order valence-corrected chi connectivity index (χ0v) is 9.10. The lowest BCUT2D eigenvalue weighted by molar-refractivity contribution is 0.605. The molecule has 0 radical (unpaired) electrons. The Balaban J connectivity index is 2.49. The molecular weight excluding hydrogens is 205 g/mol. The monoisotopic (exact) mass is 219 g/mol. The van der Waals surface area contributed by atoms with Crippen LogP contribution in [-0.2, 0) is 0 Å². The number of hydrogen-bond donors (Lipinski definition) is 1. The minimum atomic E-state index is -0.273. The average molecular weight is 219 g/mol. The van der Waals surface area contributed by atoms with Crippen molar-refractivity contribution < 1.29 is 4.39 Å². The molecule has 84 valence electrons. The minimum absolute atomic E-state index is 0.123. The van der Waals surface area contributed by atoms with E-state index in [1.165, 1.54) is 6.07 Å². The molecule has 4 heteroatoms. The van der Waals surface area contributed by atoms with Gasteiger partial charge in [-0.25, -0.2) is 9.37 Å². The topological polar surface area (TPSA) is 43.8 Å². The number of rotatable bonds is 3. The molecule has 0 bridgehead atoms. The van der Waals surface area contributed by atoms with E-state index in [4.69, 9.17) is 5.73 Å². The summed E-state index contributed by atoms with van der Waals surface area (Å²) in [5.74, 6) is -0.273. The standard InChI is InChI=1S/C12H14FN3/c1-2-10(14)12-7-15-8-16(12)11-6-4-3-5-9(11)13/h3-8,10H,2,14H2,1H3/t10-/m1/s1. The molecule has 0 fully saturated rings. The average Bonchev–Trinajstić information content (AvgIpc) is 2.77. The number of hydrogen-bond acceptors (Lipinski definition) is 2. The van der Waals surface area contributed by atoms with Gasteiger partial charge in [0.2, 0.25) is 0 Å². The normalized spacial score (nSPS) is 12.7. The quantitative estimate of drug-likeness (QED) is 0.861. The second-order valence-electron chi connectivity index (χ2n) is 3.65. The Morgan fingerprint density at radius 3 is 2.88 bits per heavy atom. The van der Waals surface area contributed by atoms with Gasteiger partial charge >= 0.3 is 0 Å². The predicted molar refractivity (Wildman–Crippen MR) is 60.7 cm³/mol. The fourth-order valence-corrected chi connectivity index (χ4v) is 1.64. The van der Waals surface area contributed by atoms with Gasteiger partial charge in [0.25, 0.3) is 0 Å². The van der Waals surface area contributed by atoms with E-state index in [0.717, 1.165) is 12.1 Å². The molecule has 2 aromatic rings. The molecule has 3 nitrogen and oxygen atoms in total. The van der Waals surface area contributed by atoms with Gasteiger partial charge in [-0.3, -0.25) is 4.57 Å². The van der Waals surface area contributed by atoms with E-state index in [-0.39, 0.29) is 11.9 Å². The third-order valence-corrected chi connectivity index (χ3v) is 2.60. The Labute approximate surface area is 93.7 Å². The lowest BCUT2D eigenvalue weighted by Gasteiger charge is -2.13. The Bertz CT molecular complexity index is 479. The van der Waals surface area contributed by atoms with Gasteiger partial charge in [0.1, 0.15) is 5.82 Å². The van der Waals surface area contributed by atoms with Gasteiger partial charge < -0.3 is 5.73 Å². The Kier molecular flexibility index (Phi) is 3.01. The van der Waals surface area contributed by atoms with Crippen LogP contribution < -0.4 is 5.73 Å². The maximum absolute atomic E-state index is 13.6. The third-order valence-electron chi connectivity index (χ3n) is 2.60. The van der Waals surface area contributed by atoms with Crippen molar-refractivity contribution in [2.45, 2.75) is 19.4 Å². The van der Waals surface area contributed by atoms with Crippen LogP contribution in [0.4, 0.5) is 4.39 Å². The summed E-state index contributed by atoms with van der Waals surface area (Å²) < 4.78 is 15.3. The summed E-state index contributed by atoms with van der Waals surface area (Å²) in [6, 6.07) is 6.47. The molecule has 2 rings (SSSR count). The lowest BCUT2D eigenvalue weighted by Crippen LogP contribution is -2.13. The van der Waals surface area contributed by atoms with E-state index in [2.05, 4.69) is 4.98 Å². The molecule has 0 spiro atoms. The van der Waals surface area contributed by atoms with E-state index >= 15 is 0 Å². The fourth-order valence-electron chi connectivity index (χ4n) is 1.64. The van der Waals surface area contributed by atoms with Crippen LogP contribution in [0.5, 0.6) is 0 Å². The van der Waals surface area contributed by atoms with E-state index < -0.39 is 0 Å². The van der Waals surface area contributed by atoms with Crippen LogP contribution in [0.2, 0.25) is 0 Å². The van der Waals surface area contributed by atoms with Gasteiger partial charge in [-0.05, 0) is 18.6 Å². The number of halogens is 1. The first-order chi connectivity index (χ1) is 7.74. The minimum Gasteiger partial charge on any atom is -0.323 e. The van der Waals surface area contributed by atoms with Crippen molar-refractivity contribution in [1.82, 2.24) is 9.55 Å². The van der Waals surface area contributed by atoms with Gasteiger partial charge in [-0.2, -0.15) is 0 Å². The largest absolute Gasteiger partial charge is 0.323 e. The van der Waals surface area contributed by atoms with Gasteiger partial charge in [0.15, 0.2) is 0 Å². The highest BCUT2D eigenvalue weighted by Gasteiger charge is 2.12. The van der Waals surface area contributed by atoms with Crippen molar-refractivity contribution in [2.24, 2.45) is 5.73 Å². The highest BCUT2D eigenvalue weighted by atomic mass is 19.1. The molecule has 1 heterocycles. The second-order valence-corrected chi connectivity index (χ2v) is 3.65. The second kappa shape index (κ2) is 4.45. The van der Waals surface area contributed by atoms with Crippen LogP contribution in [0, 0.1) is 5.82 Å². The van der Waals surface area contributed by atoms with Crippen molar-refractivity contribution in [3.05, 3.63) is 48.3 Å². The molecule has 0 saturated carbocycles. The highest BCUT2D eigenvalue weighted by Crippen LogP contribution is 2.20. The van der Waals surface area contributed by atoms with Crippen molar-refractivity contribution >= 4 is 0 Å². The highest BCUT2D eigenvalue weighted by molar-refractivity contribution is 5.35. The number of aromatic nitrogens is 2. The Morgan fingerprint density at radius 2 is 2.19 bits per heavy atom. The maximum Gasteiger partial charge on any atom is 0.147 e. The first kappa shape index (κ1) is 10.8. The van der Waals surface area contributed by atoms with E-state index in [1.54, 1.807) is 35.3 Å². The molecule has 0 aliphatic carbocycles. The third kappa shape index (κ3) is 1.84. The summed E-state index contributed by atoms with van der Waals surface area (Å²) in [6.45, 7) is 1.99. The van der Waals surface area contributed by atoms with Crippen molar-refractivity contribution in [3.63, 3.8) is 0 Å². The van der Waals surface area contributed by atoms with Crippen molar-refractivity contribution in [3.8, 4) is 5.69 Å². The molecule has 0 aliphatic heterocycles. The van der Waals surface area contributed by atoms with Crippen LogP contribution in [0.25, 0.3) is 5.69 Å². The molecule has 1 aromatic carbocycles. The fraction of sp³-hybridized carbons (Fsp3) is 0.250. The van der Waals surface area contributed by atoms with Crippen LogP contribution in [0.3, 0.4) is 0 Å². The number of imidazole rings is 1. The summed E-state index contributed by atoms with van der Waals surface area (Å²) >= 11 is 0. The van der Waals surface area contributed by atoms with Crippen LogP contribution >= 0.6 is 0 Å². The van der Waals surface area contributed by atoms with Gasteiger partial charge in [0.05, 0.1) is 23.9 Å². The molecule has 0 aliphatic rings. The number of nitrogens with zero attached hydrogens (tertiary/aromatic N) is 2. The Hall–Kier alpha value is -1.68. The molecule has 16 heavy (non-hydrogen) atoms. The van der Waals surface area contributed by atoms with E-state index in [0.29, 0.717) is 5.69 Å². The van der Waals surface area contributed by atoms with Crippen LogP contribution in [0.15, 0.2) is 36.8 Å². The van der Waals surface area contributed by atoms with Gasteiger partial charge in [-0.1, -0.05) is 19.1 Å². The molecule has 2 N–H and O–H groups in total. The molecule has 0 unspecified atom stereocenters. The van der Waals surface area contributed by atoms with E-state index in [9.17, 15) is 4.39 Å². The molecule has 1 atom stereocenters. The van der Waals surface area contributed by atoms with Crippen LogP contribution in [0.1, 0.15) is 25.1 Å². The SMILES string of the molecule is CC[C@@H](N)c1cncn1-c1ccccc1F. The maximum atomic E-state index is 13.6. The summed E-state index contributed by atoms with van der Waals surface area (Å²) in [5, 5.41) is 0. The van der Waals surface area contributed by atoms with Gasteiger partial charge in [0, 0.05) is 6.04 Å². The van der Waals surface area contributed by atoms with Crippen molar-refractivity contribution in [1.29, 1.82) is 0 Å². The summed E-state index contributed by atoms with van der Waals surface area (Å²) in [6.07, 6.45) is 4.06. The number of para-hydroxylation sites is 1. The van der Waals surface area contributed by atoms with E-state index in [1.807, 2.05) is 6.92 Å². The summed E-state index contributed by atoms with van der Waals surface area (Å²) in [7, 11) is 0. The summed E-state index contributed by atoms with van der Waals surface area (Å²) in [5.41, 5.74) is 7.26.